The monoisotopic (exact) mass is 336 g/mol. The summed E-state index contributed by atoms with van der Waals surface area (Å²) >= 11 is 0. The minimum Gasteiger partial charge on any atom is -0.481 e. The number of carboxylic acids is 1. The number of aliphatic carboxylic acids is 1. The molecule has 0 heterocycles. The molecular formula is C20H20N2O3. The Kier molecular flexibility index (Phi) is 5.23. The molecule has 2 N–H and O–H groups in total. The molecule has 0 bridgehead atoms. The van der Waals surface area contributed by atoms with Crippen LogP contribution in [0.15, 0.2) is 65.8 Å². The van der Waals surface area contributed by atoms with Crippen molar-refractivity contribution in [3.8, 4) is 0 Å². The minimum atomic E-state index is -0.888. The third-order valence-corrected chi connectivity index (χ3v) is 4.34. The van der Waals surface area contributed by atoms with E-state index in [0.29, 0.717) is 5.71 Å². The van der Waals surface area contributed by atoms with Gasteiger partial charge in [-0.3, -0.25) is 9.59 Å². The fourth-order valence-electron chi connectivity index (χ4n) is 2.88. The number of rotatable bonds is 7. The van der Waals surface area contributed by atoms with E-state index in [0.717, 1.165) is 12.0 Å². The van der Waals surface area contributed by atoms with Gasteiger partial charge in [0.25, 0.3) is 0 Å². The molecule has 1 fully saturated rings. The molecule has 0 aliphatic heterocycles. The van der Waals surface area contributed by atoms with Crippen LogP contribution in [0.2, 0.25) is 0 Å². The van der Waals surface area contributed by atoms with Crippen LogP contribution in [0.4, 0.5) is 0 Å². The van der Waals surface area contributed by atoms with Crippen LogP contribution in [0.3, 0.4) is 0 Å². The molecule has 1 aliphatic rings. The van der Waals surface area contributed by atoms with Gasteiger partial charge in [-0.2, -0.15) is 5.10 Å². The van der Waals surface area contributed by atoms with Crippen molar-refractivity contribution in [1.29, 1.82) is 0 Å². The topological polar surface area (TPSA) is 78.8 Å². The summed E-state index contributed by atoms with van der Waals surface area (Å²) in [6.07, 6.45) is 1.06. The smallest absolute Gasteiger partial charge is 0.303 e. The molecule has 128 valence electrons. The van der Waals surface area contributed by atoms with Crippen LogP contribution in [-0.2, 0) is 9.59 Å². The van der Waals surface area contributed by atoms with Crippen LogP contribution >= 0.6 is 0 Å². The fourth-order valence-corrected chi connectivity index (χ4v) is 2.88. The van der Waals surface area contributed by atoms with Gasteiger partial charge in [0.15, 0.2) is 0 Å². The predicted molar refractivity (Wildman–Crippen MR) is 95.3 cm³/mol. The summed E-state index contributed by atoms with van der Waals surface area (Å²) in [4.78, 5) is 23.2. The Morgan fingerprint density at radius 2 is 1.64 bits per heavy atom. The molecule has 1 aliphatic carbocycles. The molecule has 2 aromatic carbocycles. The van der Waals surface area contributed by atoms with E-state index in [1.165, 1.54) is 5.56 Å². The summed E-state index contributed by atoms with van der Waals surface area (Å²) in [7, 11) is 0. The number of amides is 1. The van der Waals surface area contributed by atoms with E-state index >= 15 is 0 Å². The second-order valence-electron chi connectivity index (χ2n) is 6.15. The number of hydrogen-bond acceptors (Lipinski definition) is 3. The molecule has 0 unspecified atom stereocenters. The van der Waals surface area contributed by atoms with Crippen molar-refractivity contribution in [2.75, 3.05) is 0 Å². The first-order valence-corrected chi connectivity index (χ1v) is 8.33. The lowest BCUT2D eigenvalue weighted by molar-refractivity contribution is -0.136. The van der Waals surface area contributed by atoms with Crippen molar-refractivity contribution >= 4 is 17.6 Å². The lowest BCUT2D eigenvalue weighted by atomic mass is 10.1. The quantitative estimate of drug-likeness (QED) is 0.602. The van der Waals surface area contributed by atoms with Crippen LogP contribution in [-0.4, -0.2) is 22.7 Å². The molecular weight excluding hydrogens is 316 g/mol. The van der Waals surface area contributed by atoms with Crippen molar-refractivity contribution in [3.05, 3.63) is 71.8 Å². The highest BCUT2D eigenvalue weighted by Crippen LogP contribution is 2.47. The highest BCUT2D eigenvalue weighted by molar-refractivity contribution is 6.02. The summed E-state index contributed by atoms with van der Waals surface area (Å²) in [5, 5.41) is 13.1. The summed E-state index contributed by atoms with van der Waals surface area (Å²) in [5.41, 5.74) is 5.19. The van der Waals surface area contributed by atoms with Gasteiger partial charge in [0.1, 0.15) is 0 Å². The highest BCUT2D eigenvalue weighted by Gasteiger charge is 2.43. The van der Waals surface area contributed by atoms with Gasteiger partial charge < -0.3 is 5.11 Å². The third-order valence-electron chi connectivity index (χ3n) is 4.34. The largest absolute Gasteiger partial charge is 0.481 e. The van der Waals surface area contributed by atoms with Crippen LogP contribution in [0.25, 0.3) is 0 Å². The van der Waals surface area contributed by atoms with E-state index in [1.807, 2.05) is 60.7 Å². The molecule has 1 saturated carbocycles. The number of nitrogens with zero attached hydrogens (tertiary/aromatic N) is 1. The Morgan fingerprint density at radius 3 is 2.28 bits per heavy atom. The fraction of sp³-hybridized carbons (Fsp3) is 0.250. The zero-order chi connectivity index (χ0) is 17.6. The van der Waals surface area contributed by atoms with E-state index in [-0.39, 0.29) is 30.6 Å². The Labute approximate surface area is 146 Å². The molecule has 1 amide bonds. The molecule has 25 heavy (non-hydrogen) atoms. The van der Waals surface area contributed by atoms with E-state index in [2.05, 4.69) is 10.5 Å². The summed E-state index contributed by atoms with van der Waals surface area (Å²) in [6, 6.07) is 19.3. The van der Waals surface area contributed by atoms with Gasteiger partial charge in [-0.1, -0.05) is 60.7 Å². The second-order valence-corrected chi connectivity index (χ2v) is 6.15. The van der Waals surface area contributed by atoms with E-state index in [1.54, 1.807) is 0 Å². The molecule has 3 rings (SSSR count). The number of benzene rings is 2. The van der Waals surface area contributed by atoms with Gasteiger partial charge in [-0.05, 0) is 23.5 Å². The third kappa shape index (κ3) is 4.53. The molecule has 2 aromatic rings. The minimum absolute atomic E-state index is 0.0281. The number of carbonyl (C=O) groups excluding carboxylic acids is 1. The van der Waals surface area contributed by atoms with Crippen molar-refractivity contribution in [1.82, 2.24) is 5.43 Å². The maximum absolute atomic E-state index is 12.3. The van der Waals surface area contributed by atoms with Gasteiger partial charge in [0.2, 0.25) is 5.91 Å². The number of hydrazone groups is 1. The molecule has 0 radical (unpaired) electrons. The van der Waals surface area contributed by atoms with Gasteiger partial charge in [-0.25, -0.2) is 5.43 Å². The molecule has 5 heteroatoms. The zero-order valence-electron chi connectivity index (χ0n) is 13.8. The first kappa shape index (κ1) is 16.9. The Balaban J connectivity index is 1.65. The maximum Gasteiger partial charge on any atom is 0.303 e. The van der Waals surface area contributed by atoms with Gasteiger partial charge in [0, 0.05) is 12.3 Å². The molecule has 2 atom stereocenters. The summed E-state index contributed by atoms with van der Waals surface area (Å²) in [6.45, 7) is 0. The SMILES string of the molecule is O=C(O)CC/C(=N\NC(=O)[C@@H]1C[C@H]1c1ccccc1)c1ccccc1. The average molecular weight is 336 g/mol. The summed E-state index contributed by atoms with van der Waals surface area (Å²) < 4.78 is 0. The van der Waals surface area contributed by atoms with Crippen molar-refractivity contribution in [2.24, 2.45) is 11.0 Å². The van der Waals surface area contributed by atoms with Crippen LogP contribution in [0.5, 0.6) is 0 Å². The van der Waals surface area contributed by atoms with E-state index < -0.39 is 5.97 Å². The maximum atomic E-state index is 12.3. The number of nitrogens with one attached hydrogen (secondary N) is 1. The molecule has 0 aromatic heterocycles. The van der Waals surface area contributed by atoms with Gasteiger partial charge in [0.05, 0.1) is 12.1 Å². The molecule has 5 nitrogen and oxygen atoms in total. The first-order valence-electron chi connectivity index (χ1n) is 8.33. The normalized spacial score (nSPS) is 19.3. The number of carboxylic acid groups (broad SMARTS) is 1. The van der Waals surface area contributed by atoms with E-state index in [9.17, 15) is 9.59 Å². The number of carbonyl (C=O) groups is 2. The number of hydrogen-bond donors (Lipinski definition) is 2. The van der Waals surface area contributed by atoms with Crippen LogP contribution in [0, 0.1) is 5.92 Å². The van der Waals surface area contributed by atoms with Crippen LogP contribution in [0.1, 0.15) is 36.3 Å². The Hall–Kier alpha value is -2.95. The zero-order valence-corrected chi connectivity index (χ0v) is 13.8. The second kappa shape index (κ2) is 7.75. The predicted octanol–water partition coefficient (Wildman–Crippen LogP) is 3.18. The van der Waals surface area contributed by atoms with Crippen LogP contribution < -0.4 is 5.43 Å². The lowest BCUT2D eigenvalue weighted by Gasteiger charge is -2.06. The lowest BCUT2D eigenvalue weighted by Crippen LogP contribution is -2.22. The van der Waals surface area contributed by atoms with E-state index in [4.69, 9.17) is 5.11 Å². The molecule has 0 saturated heterocycles. The summed E-state index contributed by atoms with van der Waals surface area (Å²) in [5.74, 6) is -0.822. The first-order chi connectivity index (χ1) is 12.1. The highest BCUT2D eigenvalue weighted by atomic mass is 16.4. The Bertz CT molecular complexity index is 772. The van der Waals surface area contributed by atoms with Gasteiger partial charge >= 0.3 is 5.97 Å². The molecule has 0 spiro atoms. The van der Waals surface area contributed by atoms with Crippen molar-refractivity contribution in [2.45, 2.75) is 25.2 Å². The van der Waals surface area contributed by atoms with Gasteiger partial charge in [-0.15, -0.1) is 0 Å². The van der Waals surface area contributed by atoms with Crippen molar-refractivity contribution in [3.63, 3.8) is 0 Å². The Morgan fingerprint density at radius 1 is 1.00 bits per heavy atom. The van der Waals surface area contributed by atoms with Crippen molar-refractivity contribution < 1.29 is 14.7 Å². The average Bonchev–Trinajstić information content (AvgIpc) is 3.44. The standard InChI is InChI=1S/C20H20N2O3/c23-19(24)12-11-18(15-9-5-2-6-10-15)21-22-20(25)17-13-16(17)14-7-3-1-4-8-14/h1-10,16-17H,11-13H2,(H,22,25)(H,23,24)/b21-18+/t16-,17+/m0/s1.